The average Bonchev–Trinajstić information content (AvgIpc) is 3.02. The Morgan fingerprint density at radius 3 is 2.66 bits per heavy atom. The van der Waals surface area contributed by atoms with Gasteiger partial charge < -0.3 is 4.74 Å². The highest BCUT2D eigenvalue weighted by molar-refractivity contribution is 9.10. The van der Waals surface area contributed by atoms with E-state index in [1.165, 1.54) is 31.0 Å². The Bertz CT molecular complexity index is 939. The summed E-state index contributed by atoms with van der Waals surface area (Å²) < 4.78 is 7.68. The van der Waals surface area contributed by atoms with Crippen LogP contribution in [0.3, 0.4) is 0 Å². The minimum Gasteiger partial charge on any atom is -0.488 e. The number of halogens is 1. The fraction of sp³-hybridized carbons (Fsp3) is 0.304. The number of hydrogen-bond donors (Lipinski definition) is 0. The van der Waals surface area contributed by atoms with Gasteiger partial charge in [0.15, 0.2) is 0 Å². The van der Waals surface area contributed by atoms with Gasteiger partial charge in [-0.25, -0.2) is 0 Å². The number of nitrogens with zero attached hydrogens (tertiary/aromatic N) is 1. The molecule has 4 rings (SSSR count). The highest BCUT2D eigenvalue weighted by atomic mass is 79.9. The van der Waals surface area contributed by atoms with Gasteiger partial charge in [-0.2, -0.15) is 0 Å². The van der Waals surface area contributed by atoms with Gasteiger partial charge in [0.25, 0.3) is 5.91 Å². The molecule has 2 aromatic rings. The lowest BCUT2D eigenvalue weighted by molar-refractivity contribution is -0.124. The molecule has 0 N–H and O–H groups in total. The number of thiocarbonyl (C=S) groups is 1. The summed E-state index contributed by atoms with van der Waals surface area (Å²) in [5.74, 6) is 0.779. The zero-order valence-corrected chi connectivity index (χ0v) is 19.2. The molecule has 29 heavy (non-hydrogen) atoms. The molecule has 3 nitrogen and oxygen atoms in total. The van der Waals surface area contributed by atoms with E-state index in [2.05, 4.69) is 15.9 Å². The van der Waals surface area contributed by atoms with Crippen LogP contribution in [0.25, 0.3) is 6.08 Å². The summed E-state index contributed by atoms with van der Waals surface area (Å²) in [6.07, 6.45) is 7.59. The van der Waals surface area contributed by atoms with E-state index in [0.717, 1.165) is 34.2 Å². The maximum absolute atomic E-state index is 13.1. The summed E-state index contributed by atoms with van der Waals surface area (Å²) in [5, 5.41) is 0. The van der Waals surface area contributed by atoms with Crippen LogP contribution in [0.1, 0.15) is 43.2 Å². The molecular weight excluding hydrogens is 466 g/mol. The Kier molecular flexibility index (Phi) is 6.73. The first-order valence-electron chi connectivity index (χ1n) is 9.85. The van der Waals surface area contributed by atoms with Gasteiger partial charge in [-0.3, -0.25) is 9.69 Å². The number of hydrogen-bond acceptors (Lipinski definition) is 4. The summed E-state index contributed by atoms with van der Waals surface area (Å²) in [6.45, 7) is 0.479. The molecule has 6 heteroatoms. The molecule has 1 aliphatic heterocycles. The molecule has 1 heterocycles. The first-order valence-corrected chi connectivity index (χ1v) is 11.9. The third-order valence-corrected chi connectivity index (χ3v) is 7.08. The number of rotatable bonds is 5. The van der Waals surface area contributed by atoms with E-state index in [0.29, 0.717) is 15.8 Å². The van der Waals surface area contributed by atoms with E-state index < -0.39 is 0 Å². The molecule has 2 aliphatic rings. The van der Waals surface area contributed by atoms with Crippen molar-refractivity contribution in [1.29, 1.82) is 0 Å². The normalized spacial score (nSPS) is 19.2. The molecule has 2 fully saturated rings. The maximum Gasteiger partial charge on any atom is 0.266 e. The first kappa shape index (κ1) is 20.6. The summed E-state index contributed by atoms with van der Waals surface area (Å²) >= 11 is 10.5. The molecule has 150 valence electrons. The van der Waals surface area contributed by atoms with E-state index in [9.17, 15) is 4.79 Å². The van der Waals surface area contributed by atoms with E-state index in [1.807, 2.05) is 59.5 Å². The van der Waals surface area contributed by atoms with Gasteiger partial charge in [0.2, 0.25) is 0 Å². The molecule has 0 spiro atoms. The standard InChI is InChI=1S/C23H22BrNO2S2/c24-18-11-12-20(27-15-16-7-3-1-4-8-16)17(13-18)14-21-22(26)25(23(28)29-21)19-9-5-2-6-10-19/h1,3-4,7-8,11-14,19H,2,5-6,9-10,15H2. The van der Waals surface area contributed by atoms with Crippen molar-refractivity contribution in [3.8, 4) is 5.75 Å². The highest BCUT2D eigenvalue weighted by Crippen LogP contribution is 2.38. The van der Waals surface area contributed by atoms with Crippen molar-refractivity contribution in [3.05, 3.63) is 69.0 Å². The van der Waals surface area contributed by atoms with Gasteiger partial charge in [-0.1, -0.05) is 89.5 Å². The quantitative estimate of drug-likeness (QED) is 0.352. The molecule has 0 aromatic heterocycles. The summed E-state index contributed by atoms with van der Waals surface area (Å²) in [6, 6.07) is 16.2. The number of benzene rings is 2. The molecule has 0 bridgehead atoms. The number of ether oxygens (including phenoxy) is 1. The van der Waals surface area contributed by atoms with Gasteiger partial charge >= 0.3 is 0 Å². The highest BCUT2D eigenvalue weighted by Gasteiger charge is 2.37. The Morgan fingerprint density at radius 1 is 1.14 bits per heavy atom. The molecule has 1 saturated carbocycles. The summed E-state index contributed by atoms with van der Waals surface area (Å²) in [7, 11) is 0. The third-order valence-electron chi connectivity index (χ3n) is 5.26. The Balaban J connectivity index is 1.56. The van der Waals surface area contributed by atoms with Crippen molar-refractivity contribution >= 4 is 56.2 Å². The zero-order chi connectivity index (χ0) is 20.2. The molecule has 0 atom stereocenters. The van der Waals surface area contributed by atoms with Crippen LogP contribution in [0.5, 0.6) is 5.75 Å². The average molecular weight is 488 g/mol. The molecule has 1 amide bonds. The Morgan fingerprint density at radius 2 is 1.90 bits per heavy atom. The van der Waals surface area contributed by atoms with Crippen LogP contribution in [0.2, 0.25) is 0 Å². The van der Waals surface area contributed by atoms with E-state index >= 15 is 0 Å². The number of carbonyl (C=O) groups is 1. The predicted molar refractivity (Wildman–Crippen MR) is 127 cm³/mol. The van der Waals surface area contributed by atoms with Crippen LogP contribution in [0.4, 0.5) is 0 Å². The van der Waals surface area contributed by atoms with Crippen LogP contribution in [-0.4, -0.2) is 21.2 Å². The number of carbonyl (C=O) groups excluding carboxylic acids is 1. The molecule has 0 radical (unpaired) electrons. The third kappa shape index (κ3) is 4.93. The predicted octanol–water partition coefficient (Wildman–Crippen LogP) is 6.56. The monoisotopic (exact) mass is 487 g/mol. The van der Waals surface area contributed by atoms with Gasteiger partial charge in [0, 0.05) is 16.1 Å². The Hall–Kier alpha value is -1.63. The largest absolute Gasteiger partial charge is 0.488 e. The fourth-order valence-corrected chi connectivity index (χ4v) is 5.54. The first-order chi connectivity index (χ1) is 14.1. The number of amides is 1. The lowest BCUT2D eigenvalue weighted by atomic mass is 9.94. The smallest absolute Gasteiger partial charge is 0.266 e. The second-order valence-electron chi connectivity index (χ2n) is 7.30. The van der Waals surface area contributed by atoms with Crippen LogP contribution in [-0.2, 0) is 11.4 Å². The second-order valence-corrected chi connectivity index (χ2v) is 9.89. The van der Waals surface area contributed by atoms with E-state index in [4.69, 9.17) is 17.0 Å². The van der Waals surface area contributed by atoms with Crippen LogP contribution >= 0.6 is 39.9 Å². The minimum absolute atomic E-state index is 0.0286. The van der Waals surface area contributed by atoms with Gasteiger partial charge in [-0.15, -0.1) is 0 Å². The molecule has 1 saturated heterocycles. The van der Waals surface area contributed by atoms with Gasteiger partial charge in [0.05, 0.1) is 4.91 Å². The van der Waals surface area contributed by atoms with Crippen molar-refractivity contribution in [1.82, 2.24) is 4.90 Å². The summed E-state index contributed by atoms with van der Waals surface area (Å²) in [5.41, 5.74) is 1.98. The van der Waals surface area contributed by atoms with Crippen molar-refractivity contribution in [2.45, 2.75) is 44.8 Å². The Labute approximate surface area is 189 Å². The topological polar surface area (TPSA) is 29.5 Å². The second kappa shape index (κ2) is 9.45. The molecule has 0 unspecified atom stereocenters. The maximum atomic E-state index is 13.1. The van der Waals surface area contributed by atoms with E-state index in [-0.39, 0.29) is 11.9 Å². The minimum atomic E-state index is 0.0286. The zero-order valence-electron chi connectivity index (χ0n) is 16.0. The van der Waals surface area contributed by atoms with Crippen molar-refractivity contribution < 1.29 is 9.53 Å². The molecule has 2 aromatic carbocycles. The van der Waals surface area contributed by atoms with Crippen molar-refractivity contribution in [2.75, 3.05) is 0 Å². The van der Waals surface area contributed by atoms with Crippen LogP contribution in [0, 0.1) is 0 Å². The fourth-order valence-electron chi connectivity index (χ4n) is 3.77. The number of thioether (sulfide) groups is 1. The SMILES string of the molecule is O=C1C(=Cc2cc(Br)ccc2OCc2ccccc2)SC(=S)N1C1CCCCC1. The molecular formula is C23H22BrNO2S2. The van der Waals surface area contributed by atoms with E-state index in [1.54, 1.807) is 0 Å². The molecule has 1 aliphatic carbocycles. The lowest BCUT2D eigenvalue weighted by Crippen LogP contribution is -2.39. The van der Waals surface area contributed by atoms with Crippen molar-refractivity contribution in [2.24, 2.45) is 0 Å². The lowest BCUT2D eigenvalue weighted by Gasteiger charge is -2.29. The van der Waals surface area contributed by atoms with Gasteiger partial charge in [0.1, 0.15) is 16.7 Å². The van der Waals surface area contributed by atoms with Crippen molar-refractivity contribution in [3.63, 3.8) is 0 Å². The van der Waals surface area contributed by atoms with Crippen LogP contribution in [0.15, 0.2) is 57.9 Å². The summed E-state index contributed by atoms with van der Waals surface area (Å²) in [4.78, 5) is 15.6. The van der Waals surface area contributed by atoms with Gasteiger partial charge in [-0.05, 0) is 42.7 Å². The van der Waals surface area contributed by atoms with Crippen LogP contribution < -0.4 is 4.74 Å².